The van der Waals surface area contributed by atoms with Crippen molar-refractivity contribution in [3.63, 3.8) is 0 Å². The summed E-state index contributed by atoms with van der Waals surface area (Å²) >= 11 is 0. The van der Waals surface area contributed by atoms with Gasteiger partial charge in [-0.1, -0.05) is 80.4 Å². The standard InChI is InChI=1S/C46H72N8O12/c1-11-25(7)36-46(65)66-27(9)37(52-40(59)30(17-19-34(47)56)48-39(58)24(5)6)43(62)50-32(21-23(3)4)41(60)49-31-18-20-35(57)54(44(31)63)38(26(8)12-2)45(64)53(10)33(42(61)51-36)22-28-13-15-29(55)16-14-28/h13-16,23-27,30-33,35-38,55,57H,11-12,17-22H2,1-10H3,(H2,47,56)(H,48,58)(H,49,60)(H,50,62)(H,51,61)(H,52,59)/t25-,26-,27+,30-,31-,32-,33-,35+,36?,37-,38-/m0/s1. The van der Waals surface area contributed by atoms with Gasteiger partial charge in [0.2, 0.25) is 47.3 Å². The quantitative estimate of drug-likeness (QED) is 0.112. The molecule has 9 N–H and O–H groups in total. The van der Waals surface area contributed by atoms with E-state index in [0.717, 1.165) is 9.80 Å². The molecule has 0 saturated carbocycles. The van der Waals surface area contributed by atoms with Gasteiger partial charge in [-0.2, -0.15) is 0 Å². The number of primary amides is 1. The van der Waals surface area contributed by atoms with E-state index in [1.54, 1.807) is 67.5 Å². The summed E-state index contributed by atoms with van der Waals surface area (Å²) in [6, 6.07) is -3.79. The number of nitrogens with one attached hydrogen (secondary N) is 5. The summed E-state index contributed by atoms with van der Waals surface area (Å²) in [7, 11) is 1.38. The SMILES string of the molecule is CC[C@H](C)C1NC(=O)[C@H](Cc2ccc(O)cc2)N(C)C(=O)[C@H]([C@@H](C)CC)N2C(=O)[C@H](CC[C@H]2O)NC(=O)[C@H](CC(C)C)NC(=O)[C@@H](NC(=O)[C@H](CCC(N)=O)NC(=O)C(C)C)[C@@H](C)OC1=O. The van der Waals surface area contributed by atoms with Crippen LogP contribution >= 0.6 is 0 Å². The van der Waals surface area contributed by atoms with Crippen molar-refractivity contribution in [1.82, 2.24) is 36.4 Å². The molecule has 1 unspecified atom stereocenters. The number of benzene rings is 1. The first-order valence-electron chi connectivity index (χ1n) is 23.0. The Morgan fingerprint density at radius 2 is 1.47 bits per heavy atom. The van der Waals surface area contributed by atoms with Gasteiger partial charge in [-0.3, -0.25) is 38.4 Å². The van der Waals surface area contributed by atoms with Gasteiger partial charge >= 0.3 is 5.97 Å². The number of carbonyl (C=O) groups is 9. The average molecular weight is 929 g/mol. The number of cyclic esters (lactones) is 1. The molecule has 2 saturated heterocycles. The van der Waals surface area contributed by atoms with Crippen LogP contribution in [0.25, 0.3) is 0 Å². The molecule has 8 amide bonds. The van der Waals surface area contributed by atoms with Crippen molar-refractivity contribution >= 4 is 53.2 Å². The normalized spacial score (nSPS) is 26.4. The lowest BCUT2D eigenvalue weighted by atomic mass is 9.91. The van der Waals surface area contributed by atoms with Crippen molar-refractivity contribution in [2.24, 2.45) is 29.4 Å². The minimum absolute atomic E-state index is 0.0226. The van der Waals surface area contributed by atoms with Crippen molar-refractivity contribution in [1.29, 1.82) is 0 Å². The average Bonchev–Trinajstić information content (AvgIpc) is 3.25. The molecule has 66 heavy (non-hydrogen) atoms. The van der Waals surface area contributed by atoms with E-state index < -0.39 is 126 Å². The van der Waals surface area contributed by atoms with E-state index in [-0.39, 0.29) is 50.2 Å². The summed E-state index contributed by atoms with van der Waals surface area (Å²) in [6.45, 7) is 15.0. The predicted octanol–water partition coefficient (Wildman–Crippen LogP) is 0.500. The molecule has 1 aromatic rings. The number of aliphatic hydroxyl groups excluding tert-OH is 1. The molecular weight excluding hydrogens is 857 g/mol. The predicted molar refractivity (Wildman–Crippen MR) is 241 cm³/mol. The van der Waals surface area contributed by atoms with Crippen LogP contribution in [0.4, 0.5) is 0 Å². The molecular formula is C46H72N8O12. The zero-order chi connectivity index (χ0) is 49.7. The van der Waals surface area contributed by atoms with Crippen LogP contribution in [0.5, 0.6) is 5.75 Å². The van der Waals surface area contributed by atoms with E-state index >= 15 is 0 Å². The van der Waals surface area contributed by atoms with Crippen LogP contribution < -0.4 is 32.3 Å². The Labute approximate surface area is 387 Å². The van der Waals surface area contributed by atoms with Crippen molar-refractivity contribution in [3.8, 4) is 5.75 Å². The number of piperidine rings is 1. The molecule has 1 aromatic carbocycles. The zero-order valence-electron chi connectivity index (χ0n) is 39.9. The van der Waals surface area contributed by atoms with E-state index in [9.17, 15) is 53.4 Å². The van der Waals surface area contributed by atoms with Gasteiger partial charge in [0.05, 0.1) is 0 Å². The minimum Gasteiger partial charge on any atom is -0.508 e. The third kappa shape index (κ3) is 14.6. The number of aromatic hydroxyl groups is 1. The van der Waals surface area contributed by atoms with Gasteiger partial charge in [0, 0.05) is 25.8 Å². The molecule has 11 atom stereocenters. The van der Waals surface area contributed by atoms with Crippen LogP contribution in [0, 0.1) is 23.7 Å². The van der Waals surface area contributed by atoms with Crippen LogP contribution in [-0.4, -0.2) is 135 Å². The Kier molecular flexibility index (Phi) is 20.4. The fraction of sp³-hybridized carbons (Fsp3) is 0.674. The molecule has 0 radical (unpaired) electrons. The number of amides is 8. The molecule has 3 rings (SSSR count). The van der Waals surface area contributed by atoms with Gasteiger partial charge in [0.15, 0.2) is 0 Å². The summed E-state index contributed by atoms with van der Waals surface area (Å²) in [5, 5.41) is 34.7. The number of hydrogen-bond acceptors (Lipinski definition) is 12. The van der Waals surface area contributed by atoms with Crippen LogP contribution in [0.3, 0.4) is 0 Å². The second kappa shape index (κ2) is 24.7. The minimum atomic E-state index is -1.74. The molecule has 2 aliphatic heterocycles. The molecule has 0 aromatic heterocycles. The highest BCUT2D eigenvalue weighted by atomic mass is 16.5. The molecule has 2 aliphatic rings. The Balaban J connectivity index is 2.27. The number of nitrogens with zero attached hydrogens (tertiary/aromatic N) is 2. The summed E-state index contributed by atoms with van der Waals surface area (Å²) in [5.74, 6) is -9.27. The second-order valence-electron chi connectivity index (χ2n) is 18.4. The number of nitrogens with two attached hydrogens (primary N) is 1. The van der Waals surface area contributed by atoms with E-state index in [1.807, 2.05) is 0 Å². The number of carbonyl (C=O) groups excluding carboxylic acids is 9. The number of aliphatic hydroxyl groups is 1. The Hall–Kier alpha value is -5.79. The first kappa shape index (κ1) is 54.5. The molecule has 20 heteroatoms. The van der Waals surface area contributed by atoms with E-state index in [4.69, 9.17) is 10.5 Å². The van der Waals surface area contributed by atoms with Gasteiger partial charge < -0.3 is 57.1 Å². The number of phenolic OH excluding ortho intramolecular Hbond substituents is 1. The first-order valence-corrected chi connectivity index (χ1v) is 23.0. The van der Waals surface area contributed by atoms with E-state index in [0.29, 0.717) is 18.4 Å². The fourth-order valence-corrected chi connectivity index (χ4v) is 7.87. The maximum Gasteiger partial charge on any atom is 0.329 e. The number of phenols is 1. The Morgan fingerprint density at radius 3 is 2.03 bits per heavy atom. The van der Waals surface area contributed by atoms with Crippen molar-refractivity contribution in [2.45, 2.75) is 168 Å². The number of hydrogen-bond donors (Lipinski definition) is 8. The molecule has 2 fully saturated rings. The highest BCUT2D eigenvalue weighted by molar-refractivity contribution is 5.98. The van der Waals surface area contributed by atoms with Crippen LogP contribution in [0.15, 0.2) is 24.3 Å². The Bertz CT molecular complexity index is 1910. The van der Waals surface area contributed by atoms with Crippen molar-refractivity contribution in [3.05, 3.63) is 29.8 Å². The number of likely N-dealkylation sites (N-methyl/N-ethyl adjacent to an activating group) is 1. The number of esters is 1. The summed E-state index contributed by atoms with van der Waals surface area (Å²) in [4.78, 5) is 128. The van der Waals surface area contributed by atoms with Gasteiger partial charge in [-0.05, 0) is 68.1 Å². The van der Waals surface area contributed by atoms with Gasteiger partial charge in [-0.15, -0.1) is 0 Å². The molecule has 0 spiro atoms. The molecule has 2 bridgehead atoms. The van der Waals surface area contributed by atoms with Gasteiger partial charge in [0.1, 0.15) is 60.4 Å². The van der Waals surface area contributed by atoms with Gasteiger partial charge in [-0.25, -0.2) is 4.79 Å². The number of rotatable bonds is 15. The van der Waals surface area contributed by atoms with Crippen LogP contribution in [-0.2, 0) is 54.3 Å². The van der Waals surface area contributed by atoms with Crippen LogP contribution in [0.1, 0.15) is 113 Å². The molecule has 368 valence electrons. The van der Waals surface area contributed by atoms with E-state index in [1.165, 1.54) is 26.1 Å². The summed E-state index contributed by atoms with van der Waals surface area (Å²) < 4.78 is 5.91. The smallest absolute Gasteiger partial charge is 0.329 e. The van der Waals surface area contributed by atoms with Crippen LogP contribution in [0.2, 0.25) is 0 Å². The zero-order valence-corrected chi connectivity index (χ0v) is 39.9. The summed E-state index contributed by atoms with van der Waals surface area (Å²) in [6.07, 6.45) is -2.95. The second-order valence-corrected chi connectivity index (χ2v) is 18.4. The highest BCUT2D eigenvalue weighted by Crippen LogP contribution is 2.28. The lowest BCUT2D eigenvalue weighted by Gasteiger charge is -2.44. The monoisotopic (exact) mass is 929 g/mol. The van der Waals surface area contributed by atoms with Gasteiger partial charge in [0.25, 0.3) is 0 Å². The number of ether oxygens (including phenoxy) is 1. The third-order valence-electron chi connectivity index (χ3n) is 12.4. The van der Waals surface area contributed by atoms with Crippen molar-refractivity contribution < 1.29 is 58.1 Å². The third-order valence-corrected chi connectivity index (χ3v) is 12.4. The van der Waals surface area contributed by atoms with Crippen molar-refractivity contribution in [2.75, 3.05) is 7.05 Å². The highest BCUT2D eigenvalue weighted by Gasteiger charge is 2.47. The lowest BCUT2D eigenvalue weighted by Crippen LogP contribution is -2.66. The molecule has 0 aliphatic carbocycles. The first-order chi connectivity index (χ1) is 30.9. The fourth-order valence-electron chi connectivity index (χ4n) is 7.87. The maximum absolute atomic E-state index is 14.9. The number of fused-ring (bicyclic) bond motifs is 2. The lowest BCUT2D eigenvalue weighted by molar-refractivity contribution is -0.168. The largest absolute Gasteiger partial charge is 0.508 e. The maximum atomic E-state index is 14.9. The molecule has 20 nitrogen and oxygen atoms in total. The molecule has 2 heterocycles. The topological polar surface area (TPSA) is 296 Å². The van der Waals surface area contributed by atoms with E-state index in [2.05, 4.69) is 26.6 Å². The summed E-state index contributed by atoms with van der Waals surface area (Å²) in [5.41, 5.74) is 5.90. The Morgan fingerprint density at radius 1 is 0.848 bits per heavy atom.